The van der Waals surface area contributed by atoms with E-state index in [1.54, 1.807) is 6.92 Å². The number of phenolic OH excluding ortho intramolecular Hbond substituents is 1. The van der Waals surface area contributed by atoms with Crippen LogP contribution >= 0.6 is 0 Å². The van der Waals surface area contributed by atoms with Gasteiger partial charge in [0.1, 0.15) is 0 Å². The first kappa shape index (κ1) is 14.3. The molecule has 2 rings (SSSR count). The maximum Gasteiger partial charge on any atom is 0.311 e. The molecule has 1 atom stereocenters. The molecule has 108 valence electrons. The van der Waals surface area contributed by atoms with E-state index in [2.05, 4.69) is 0 Å². The molecule has 1 aromatic carbocycles. The fourth-order valence-electron chi connectivity index (χ4n) is 2.41. The van der Waals surface area contributed by atoms with E-state index in [0.717, 1.165) is 6.07 Å². The van der Waals surface area contributed by atoms with Gasteiger partial charge in [-0.15, -0.1) is 0 Å². The number of nitro benzene ring substituents is 1. The topological polar surface area (TPSA) is 104 Å². The number of para-hydroxylation sites is 1. The first-order valence-corrected chi connectivity index (χ1v) is 6.30. The number of likely N-dealkylation sites (tertiary alicyclic amines) is 1. The molecule has 0 aromatic heterocycles. The number of nitrogens with zero attached hydrogens (tertiary/aromatic N) is 2. The summed E-state index contributed by atoms with van der Waals surface area (Å²) in [5, 5.41) is 30.6. The number of hydrogen-bond acceptors (Lipinski definition) is 5. The van der Waals surface area contributed by atoms with Crippen LogP contribution in [0.25, 0.3) is 0 Å². The maximum absolute atomic E-state index is 12.3. The normalized spacial score (nSPS) is 22.6. The van der Waals surface area contributed by atoms with Crippen LogP contribution in [0.2, 0.25) is 0 Å². The predicted octanol–water partition coefficient (Wildman–Crippen LogP) is 1.29. The molecule has 1 unspecified atom stereocenters. The van der Waals surface area contributed by atoms with E-state index in [0.29, 0.717) is 19.4 Å². The molecule has 7 heteroatoms. The largest absolute Gasteiger partial charge is 0.502 e. The van der Waals surface area contributed by atoms with Crippen molar-refractivity contribution in [1.82, 2.24) is 4.90 Å². The van der Waals surface area contributed by atoms with E-state index in [1.807, 2.05) is 0 Å². The minimum atomic E-state index is -0.968. The van der Waals surface area contributed by atoms with Crippen LogP contribution in [0.4, 0.5) is 5.69 Å². The number of amides is 1. The number of nitro groups is 1. The summed E-state index contributed by atoms with van der Waals surface area (Å²) in [6.07, 6.45) is 1.24. The van der Waals surface area contributed by atoms with Crippen molar-refractivity contribution >= 4 is 11.6 Å². The van der Waals surface area contributed by atoms with Gasteiger partial charge in [-0.3, -0.25) is 14.9 Å². The lowest BCUT2D eigenvalue weighted by Gasteiger charge is -2.36. The Morgan fingerprint density at radius 3 is 2.80 bits per heavy atom. The predicted molar refractivity (Wildman–Crippen MR) is 70.5 cm³/mol. The minimum absolute atomic E-state index is 0.114. The lowest BCUT2D eigenvalue weighted by Crippen LogP contribution is -2.48. The lowest BCUT2D eigenvalue weighted by atomic mass is 9.94. The van der Waals surface area contributed by atoms with Crippen molar-refractivity contribution in [3.05, 3.63) is 33.9 Å². The Kier molecular flexibility index (Phi) is 3.63. The molecule has 1 aliphatic heterocycles. The van der Waals surface area contributed by atoms with Crippen LogP contribution in [-0.4, -0.2) is 44.6 Å². The van der Waals surface area contributed by atoms with Gasteiger partial charge in [0, 0.05) is 19.2 Å². The Morgan fingerprint density at radius 2 is 2.20 bits per heavy atom. The van der Waals surface area contributed by atoms with E-state index in [9.17, 15) is 25.1 Å². The molecule has 0 saturated carbocycles. The third-order valence-electron chi connectivity index (χ3n) is 3.40. The number of phenols is 1. The number of aliphatic hydroxyl groups is 1. The second kappa shape index (κ2) is 5.09. The van der Waals surface area contributed by atoms with Crippen molar-refractivity contribution in [2.24, 2.45) is 0 Å². The first-order chi connectivity index (χ1) is 9.32. The van der Waals surface area contributed by atoms with Gasteiger partial charge in [-0.05, 0) is 25.8 Å². The van der Waals surface area contributed by atoms with Crippen molar-refractivity contribution < 1.29 is 19.9 Å². The van der Waals surface area contributed by atoms with Gasteiger partial charge >= 0.3 is 5.69 Å². The van der Waals surface area contributed by atoms with Gasteiger partial charge in [-0.1, -0.05) is 6.07 Å². The highest BCUT2D eigenvalue weighted by Gasteiger charge is 2.33. The second-order valence-corrected chi connectivity index (χ2v) is 5.26. The monoisotopic (exact) mass is 280 g/mol. The third kappa shape index (κ3) is 2.72. The molecule has 1 fully saturated rings. The molecular weight excluding hydrogens is 264 g/mol. The first-order valence-electron chi connectivity index (χ1n) is 6.30. The molecule has 20 heavy (non-hydrogen) atoms. The lowest BCUT2D eigenvalue weighted by molar-refractivity contribution is -0.385. The summed E-state index contributed by atoms with van der Waals surface area (Å²) < 4.78 is 0. The Labute approximate surface area is 115 Å². The zero-order chi connectivity index (χ0) is 14.9. The summed E-state index contributed by atoms with van der Waals surface area (Å²) in [5.41, 5.74) is -1.58. The molecule has 0 radical (unpaired) electrons. The van der Waals surface area contributed by atoms with Crippen LogP contribution in [0.5, 0.6) is 5.75 Å². The Balaban J connectivity index is 2.30. The van der Waals surface area contributed by atoms with Crippen molar-refractivity contribution in [1.29, 1.82) is 0 Å². The van der Waals surface area contributed by atoms with Gasteiger partial charge in [0.15, 0.2) is 0 Å². The number of β-amino-alcohol motifs (C(OH)–C–C–N with tert-alkyl or cyclic N) is 1. The fourth-order valence-corrected chi connectivity index (χ4v) is 2.41. The standard InChI is InChI=1S/C13H16N2O5/c1-13(18)6-3-7-14(8-13)12(17)9-4-2-5-10(11(9)16)15(19)20/h2,4-5,16,18H,3,6-8H2,1H3. The van der Waals surface area contributed by atoms with Gasteiger partial charge < -0.3 is 15.1 Å². The van der Waals surface area contributed by atoms with Crippen LogP contribution in [0, 0.1) is 10.1 Å². The van der Waals surface area contributed by atoms with Gasteiger partial charge in [-0.25, -0.2) is 0 Å². The fraction of sp³-hybridized carbons (Fsp3) is 0.462. The van der Waals surface area contributed by atoms with Crippen LogP contribution in [-0.2, 0) is 0 Å². The quantitative estimate of drug-likeness (QED) is 0.627. The highest BCUT2D eigenvalue weighted by molar-refractivity contribution is 5.98. The van der Waals surface area contributed by atoms with Crippen LogP contribution in [0.1, 0.15) is 30.1 Å². The number of carbonyl (C=O) groups is 1. The highest BCUT2D eigenvalue weighted by atomic mass is 16.6. The molecule has 2 N–H and O–H groups in total. The summed E-state index contributed by atoms with van der Waals surface area (Å²) in [7, 11) is 0. The van der Waals surface area contributed by atoms with Crippen LogP contribution in [0.3, 0.4) is 0 Å². The minimum Gasteiger partial charge on any atom is -0.502 e. The van der Waals surface area contributed by atoms with Gasteiger partial charge in [-0.2, -0.15) is 0 Å². The van der Waals surface area contributed by atoms with Crippen molar-refractivity contribution in [3.63, 3.8) is 0 Å². The van der Waals surface area contributed by atoms with E-state index >= 15 is 0 Å². The Bertz CT molecular complexity index is 556. The summed E-state index contributed by atoms with van der Waals surface area (Å²) in [5.74, 6) is -1.14. The molecule has 0 spiro atoms. The maximum atomic E-state index is 12.3. The Morgan fingerprint density at radius 1 is 1.50 bits per heavy atom. The molecule has 0 bridgehead atoms. The summed E-state index contributed by atoms with van der Waals surface area (Å²) >= 11 is 0. The van der Waals surface area contributed by atoms with Gasteiger partial charge in [0.2, 0.25) is 5.75 Å². The number of hydrogen-bond donors (Lipinski definition) is 2. The molecule has 1 amide bonds. The van der Waals surface area contributed by atoms with Gasteiger partial charge in [0.05, 0.1) is 16.1 Å². The number of benzene rings is 1. The van der Waals surface area contributed by atoms with Crippen molar-refractivity contribution in [2.75, 3.05) is 13.1 Å². The SMILES string of the molecule is CC1(O)CCCN(C(=O)c2cccc([N+](=O)[O-])c2O)C1. The molecular formula is C13H16N2O5. The van der Waals surface area contributed by atoms with Gasteiger partial charge in [0.25, 0.3) is 5.91 Å². The van der Waals surface area contributed by atoms with E-state index in [1.165, 1.54) is 17.0 Å². The van der Waals surface area contributed by atoms with E-state index in [-0.39, 0.29) is 12.1 Å². The van der Waals surface area contributed by atoms with E-state index < -0.39 is 27.9 Å². The second-order valence-electron chi connectivity index (χ2n) is 5.26. The van der Waals surface area contributed by atoms with Crippen molar-refractivity contribution in [2.45, 2.75) is 25.4 Å². The summed E-state index contributed by atoms with van der Waals surface area (Å²) in [6.45, 7) is 2.24. The summed E-state index contributed by atoms with van der Waals surface area (Å²) in [4.78, 5) is 23.7. The average molecular weight is 280 g/mol. The third-order valence-corrected chi connectivity index (χ3v) is 3.40. The molecule has 1 aromatic rings. The molecule has 1 heterocycles. The van der Waals surface area contributed by atoms with E-state index in [4.69, 9.17) is 0 Å². The van der Waals surface area contributed by atoms with Crippen molar-refractivity contribution in [3.8, 4) is 5.75 Å². The zero-order valence-electron chi connectivity index (χ0n) is 11.1. The number of rotatable bonds is 2. The number of piperidine rings is 1. The molecule has 1 aliphatic rings. The number of carbonyl (C=O) groups excluding carboxylic acids is 1. The summed E-state index contributed by atoms with van der Waals surface area (Å²) in [6, 6.07) is 3.83. The van der Waals surface area contributed by atoms with Crippen LogP contribution in [0.15, 0.2) is 18.2 Å². The average Bonchev–Trinajstić information content (AvgIpc) is 2.36. The van der Waals surface area contributed by atoms with Crippen LogP contribution < -0.4 is 0 Å². The zero-order valence-corrected chi connectivity index (χ0v) is 11.1. The molecule has 7 nitrogen and oxygen atoms in total. The molecule has 0 aliphatic carbocycles. The molecule has 1 saturated heterocycles. The number of aromatic hydroxyl groups is 1. The highest BCUT2D eigenvalue weighted by Crippen LogP contribution is 2.31. The Hall–Kier alpha value is -2.15. The smallest absolute Gasteiger partial charge is 0.311 e.